The number of sulfonamides is 1. The molecular weight excluding hydrogens is 340 g/mol. The molecular formula is C11H16BrClN2O2S. The van der Waals surface area contributed by atoms with Gasteiger partial charge in [-0.1, -0.05) is 22.0 Å². The smallest absolute Gasteiger partial charge is 0.243 e. The Hall–Kier alpha value is -0.140. The van der Waals surface area contributed by atoms with Gasteiger partial charge >= 0.3 is 0 Å². The number of nitrogens with zero attached hydrogens (tertiary/aromatic N) is 1. The van der Waals surface area contributed by atoms with Crippen molar-refractivity contribution in [1.29, 1.82) is 0 Å². The van der Waals surface area contributed by atoms with Crippen molar-refractivity contribution < 1.29 is 8.42 Å². The van der Waals surface area contributed by atoms with Crippen molar-refractivity contribution in [2.75, 3.05) is 13.1 Å². The highest BCUT2D eigenvalue weighted by atomic mass is 79.9. The molecule has 0 radical (unpaired) electrons. The summed E-state index contributed by atoms with van der Waals surface area (Å²) >= 11 is 3.30. The van der Waals surface area contributed by atoms with Gasteiger partial charge in [0.25, 0.3) is 0 Å². The largest absolute Gasteiger partial charge is 0.326 e. The van der Waals surface area contributed by atoms with E-state index in [4.69, 9.17) is 5.73 Å². The van der Waals surface area contributed by atoms with Crippen molar-refractivity contribution in [2.45, 2.75) is 24.3 Å². The number of benzene rings is 1. The molecule has 1 aliphatic heterocycles. The van der Waals surface area contributed by atoms with E-state index in [-0.39, 0.29) is 18.4 Å². The van der Waals surface area contributed by atoms with E-state index in [0.29, 0.717) is 18.0 Å². The summed E-state index contributed by atoms with van der Waals surface area (Å²) in [5, 5.41) is 0. The number of halogens is 2. The Kier molecular flexibility index (Phi) is 5.20. The Morgan fingerprint density at radius 2 is 2.11 bits per heavy atom. The fourth-order valence-corrected chi connectivity index (χ4v) is 4.24. The minimum absolute atomic E-state index is 0. The van der Waals surface area contributed by atoms with E-state index in [0.717, 1.165) is 16.5 Å². The van der Waals surface area contributed by atoms with Crippen LogP contribution in [0.3, 0.4) is 0 Å². The molecule has 102 valence electrons. The minimum Gasteiger partial charge on any atom is -0.326 e. The molecule has 2 N–H and O–H groups in total. The van der Waals surface area contributed by atoms with Crippen LogP contribution in [0.2, 0.25) is 0 Å². The van der Waals surface area contributed by atoms with Gasteiger partial charge in [-0.25, -0.2) is 8.42 Å². The third kappa shape index (κ3) is 3.05. The molecule has 1 saturated heterocycles. The molecule has 0 aliphatic carbocycles. The molecule has 4 nitrogen and oxygen atoms in total. The van der Waals surface area contributed by atoms with Crippen LogP contribution in [0.4, 0.5) is 0 Å². The van der Waals surface area contributed by atoms with Crippen LogP contribution in [0.25, 0.3) is 0 Å². The van der Waals surface area contributed by atoms with Crippen molar-refractivity contribution in [1.82, 2.24) is 4.31 Å². The minimum atomic E-state index is -3.40. The molecule has 1 heterocycles. The summed E-state index contributed by atoms with van der Waals surface area (Å²) in [5.74, 6) is 0. The molecule has 0 aromatic heterocycles. The van der Waals surface area contributed by atoms with Crippen molar-refractivity contribution in [3.63, 3.8) is 0 Å². The van der Waals surface area contributed by atoms with Crippen LogP contribution in [0, 0.1) is 6.92 Å². The molecule has 1 aromatic carbocycles. The maximum absolute atomic E-state index is 12.4. The normalized spacial score (nSPS) is 20.7. The summed E-state index contributed by atoms with van der Waals surface area (Å²) in [5.41, 5.74) is 6.51. The van der Waals surface area contributed by atoms with Crippen LogP contribution in [0.1, 0.15) is 12.0 Å². The molecule has 0 bridgehead atoms. The highest BCUT2D eigenvalue weighted by Crippen LogP contribution is 2.25. The molecule has 1 aliphatic rings. The fourth-order valence-electron chi connectivity index (χ4n) is 1.96. The van der Waals surface area contributed by atoms with Crippen molar-refractivity contribution >= 4 is 38.4 Å². The maximum atomic E-state index is 12.4. The lowest BCUT2D eigenvalue weighted by Gasteiger charge is -2.17. The summed E-state index contributed by atoms with van der Waals surface area (Å²) in [4.78, 5) is 0.362. The predicted molar refractivity (Wildman–Crippen MR) is 77.5 cm³/mol. The molecule has 0 amide bonds. The van der Waals surface area contributed by atoms with Crippen LogP contribution in [0.15, 0.2) is 27.6 Å². The summed E-state index contributed by atoms with van der Waals surface area (Å²) in [6, 6.07) is 5.24. The zero-order chi connectivity index (χ0) is 12.6. The standard InChI is InChI=1S/C11H15BrN2O2S.ClH/c1-8-2-3-9(12)6-11(8)17(15,16)14-5-4-10(13)7-14;/h2-3,6,10H,4-5,7,13H2,1H3;1H/t10-;/m0./s1. The third-order valence-electron chi connectivity index (χ3n) is 2.96. The van der Waals surface area contributed by atoms with Crippen molar-refractivity contribution in [3.8, 4) is 0 Å². The van der Waals surface area contributed by atoms with Crippen LogP contribution in [-0.2, 0) is 10.0 Å². The van der Waals surface area contributed by atoms with E-state index in [9.17, 15) is 8.42 Å². The Morgan fingerprint density at radius 3 is 2.67 bits per heavy atom. The van der Waals surface area contributed by atoms with Crippen LogP contribution in [0.5, 0.6) is 0 Å². The Morgan fingerprint density at radius 1 is 1.44 bits per heavy atom. The summed E-state index contributed by atoms with van der Waals surface area (Å²) in [6.07, 6.45) is 0.728. The Bertz CT molecular complexity index is 536. The van der Waals surface area contributed by atoms with Crippen LogP contribution < -0.4 is 5.73 Å². The first-order chi connectivity index (χ1) is 7.91. The van der Waals surface area contributed by atoms with Gasteiger partial charge in [-0.3, -0.25) is 0 Å². The molecule has 1 aromatic rings. The molecule has 0 saturated carbocycles. The van der Waals surface area contributed by atoms with E-state index in [1.54, 1.807) is 19.1 Å². The van der Waals surface area contributed by atoms with Gasteiger partial charge in [0.05, 0.1) is 4.90 Å². The van der Waals surface area contributed by atoms with E-state index < -0.39 is 10.0 Å². The zero-order valence-electron chi connectivity index (χ0n) is 9.97. The molecule has 2 rings (SSSR count). The first kappa shape index (κ1) is 15.9. The molecule has 1 fully saturated rings. The van der Waals surface area contributed by atoms with Gasteiger partial charge in [0.15, 0.2) is 0 Å². The maximum Gasteiger partial charge on any atom is 0.243 e. The number of aryl methyl sites for hydroxylation is 1. The highest BCUT2D eigenvalue weighted by Gasteiger charge is 2.31. The molecule has 0 spiro atoms. The SMILES string of the molecule is Cc1ccc(Br)cc1S(=O)(=O)N1CC[C@H](N)C1.Cl. The second kappa shape index (κ2) is 5.88. The first-order valence-electron chi connectivity index (χ1n) is 5.43. The van der Waals surface area contributed by atoms with E-state index in [2.05, 4.69) is 15.9 Å². The average molecular weight is 356 g/mol. The van der Waals surface area contributed by atoms with Gasteiger partial charge in [0.2, 0.25) is 10.0 Å². The monoisotopic (exact) mass is 354 g/mol. The second-order valence-electron chi connectivity index (χ2n) is 4.32. The molecule has 0 unspecified atom stereocenters. The highest BCUT2D eigenvalue weighted by molar-refractivity contribution is 9.10. The second-order valence-corrected chi connectivity index (χ2v) is 7.14. The van der Waals surface area contributed by atoms with Gasteiger partial charge in [0.1, 0.15) is 0 Å². The van der Waals surface area contributed by atoms with Gasteiger partial charge in [-0.15, -0.1) is 12.4 Å². The lowest BCUT2D eigenvalue weighted by molar-refractivity contribution is 0.472. The van der Waals surface area contributed by atoms with Gasteiger partial charge in [-0.05, 0) is 31.0 Å². The van der Waals surface area contributed by atoms with Crippen molar-refractivity contribution in [3.05, 3.63) is 28.2 Å². The summed E-state index contributed by atoms with van der Waals surface area (Å²) in [6.45, 7) is 2.72. The molecule has 7 heteroatoms. The third-order valence-corrected chi connectivity index (χ3v) is 5.46. The molecule has 1 atom stereocenters. The molecule has 18 heavy (non-hydrogen) atoms. The summed E-state index contributed by atoms with van der Waals surface area (Å²) < 4.78 is 27.0. The van der Waals surface area contributed by atoms with Gasteiger partial charge in [-0.2, -0.15) is 4.31 Å². The fraction of sp³-hybridized carbons (Fsp3) is 0.455. The number of rotatable bonds is 2. The quantitative estimate of drug-likeness (QED) is 0.881. The number of hydrogen-bond donors (Lipinski definition) is 1. The predicted octanol–water partition coefficient (Wildman–Crippen LogP) is 1.90. The van der Waals surface area contributed by atoms with E-state index >= 15 is 0 Å². The first-order valence-corrected chi connectivity index (χ1v) is 7.66. The van der Waals surface area contributed by atoms with Crippen LogP contribution in [-0.4, -0.2) is 31.9 Å². The van der Waals surface area contributed by atoms with Crippen LogP contribution >= 0.6 is 28.3 Å². The number of nitrogens with two attached hydrogens (primary N) is 1. The lowest BCUT2D eigenvalue weighted by atomic mass is 10.2. The van der Waals surface area contributed by atoms with E-state index in [1.165, 1.54) is 4.31 Å². The van der Waals surface area contributed by atoms with Crippen molar-refractivity contribution in [2.24, 2.45) is 5.73 Å². The number of hydrogen-bond acceptors (Lipinski definition) is 3. The average Bonchev–Trinajstić information content (AvgIpc) is 2.69. The zero-order valence-corrected chi connectivity index (χ0v) is 13.2. The van der Waals surface area contributed by atoms with Gasteiger partial charge < -0.3 is 5.73 Å². The lowest BCUT2D eigenvalue weighted by Crippen LogP contribution is -2.32. The topological polar surface area (TPSA) is 63.4 Å². The summed E-state index contributed by atoms with van der Waals surface area (Å²) in [7, 11) is -3.40. The Labute approximate surface area is 122 Å². The Balaban J connectivity index is 0.00000162. The van der Waals surface area contributed by atoms with Gasteiger partial charge in [0, 0.05) is 23.6 Å². The van der Waals surface area contributed by atoms with E-state index in [1.807, 2.05) is 6.07 Å².